The van der Waals surface area contributed by atoms with E-state index in [2.05, 4.69) is 15.3 Å². The van der Waals surface area contributed by atoms with Gasteiger partial charge in [-0.15, -0.1) is 0 Å². The maximum absolute atomic E-state index is 9.79. The van der Waals surface area contributed by atoms with Crippen molar-refractivity contribution in [2.24, 2.45) is 0 Å². The molecular formula is C12H23N5O. The van der Waals surface area contributed by atoms with E-state index in [1.807, 2.05) is 32.8 Å². The van der Waals surface area contributed by atoms with Crippen molar-refractivity contribution in [1.29, 1.82) is 0 Å². The van der Waals surface area contributed by atoms with E-state index >= 15 is 0 Å². The summed E-state index contributed by atoms with van der Waals surface area (Å²) in [6, 6.07) is 0. The first-order valence-corrected chi connectivity index (χ1v) is 6.13. The molecule has 0 aromatic carbocycles. The molecule has 0 aliphatic carbocycles. The normalized spacial score (nSPS) is 12.8. The summed E-state index contributed by atoms with van der Waals surface area (Å²) < 4.78 is 0. The van der Waals surface area contributed by atoms with E-state index in [1.165, 1.54) is 0 Å². The molecule has 1 aromatic heterocycles. The maximum atomic E-state index is 9.79. The number of rotatable bonds is 6. The molecule has 0 spiro atoms. The lowest BCUT2D eigenvalue weighted by molar-refractivity contribution is 0.148. The number of aromatic nitrogens is 2. The summed E-state index contributed by atoms with van der Waals surface area (Å²) in [5.41, 5.74) is 7.58. The Kier molecular flexibility index (Phi) is 5.30. The van der Waals surface area contributed by atoms with Crippen LogP contribution in [0.4, 0.5) is 11.8 Å². The highest BCUT2D eigenvalue weighted by Crippen LogP contribution is 2.16. The number of aryl methyl sites for hydroxylation is 1. The zero-order valence-electron chi connectivity index (χ0n) is 11.6. The van der Waals surface area contributed by atoms with Gasteiger partial charge in [-0.3, -0.25) is 0 Å². The van der Waals surface area contributed by atoms with Crippen molar-refractivity contribution in [3.63, 3.8) is 0 Å². The highest BCUT2D eigenvalue weighted by Gasteiger charge is 2.10. The van der Waals surface area contributed by atoms with Crippen LogP contribution in [0.25, 0.3) is 0 Å². The third-order valence-corrected chi connectivity index (χ3v) is 2.68. The molecule has 6 nitrogen and oxygen atoms in total. The van der Waals surface area contributed by atoms with Gasteiger partial charge in [0.15, 0.2) is 0 Å². The summed E-state index contributed by atoms with van der Waals surface area (Å²) in [6.07, 6.45) is 0.369. The quantitative estimate of drug-likeness (QED) is 0.674. The first-order chi connectivity index (χ1) is 8.43. The Balaban J connectivity index is 2.70. The Hall–Kier alpha value is -1.40. The van der Waals surface area contributed by atoms with Gasteiger partial charge in [-0.05, 0) is 27.4 Å². The van der Waals surface area contributed by atoms with Gasteiger partial charge in [-0.2, -0.15) is 4.98 Å². The van der Waals surface area contributed by atoms with Gasteiger partial charge in [-0.1, -0.05) is 6.92 Å². The van der Waals surface area contributed by atoms with E-state index in [0.717, 1.165) is 17.7 Å². The summed E-state index contributed by atoms with van der Waals surface area (Å²) in [5, 5.41) is 12.9. The van der Waals surface area contributed by atoms with E-state index in [0.29, 0.717) is 18.9 Å². The Morgan fingerprint density at radius 2 is 2.06 bits per heavy atom. The predicted octanol–water partition coefficient (Wildman–Crippen LogP) is 0.264. The molecule has 0 amide bonds. The van der Waals surface area contributed by atoms with Crippen molar-refractivity contribution in [1.82, 2.24) is 14.9 Å². The predicted molar refractivity (Wildman–Crippen MR) is 73.6 cm³/mol. The van der Waals surface area contributed by atoms with Gasteiger partial charge in [0.25, 0.3) is 0 Å². The van der Waals surface area contributed by atoms with Crippen molar-refractivity contribution >= 4 is 11.8 Å². The Morgan fingerprint density at radius 1 is 1.39 bits per heavy atom. The molecule has 0 saturated carbocycles. The zero-order chi connectivity index (χ0) is 13.7. The number of hydrogen-bond acceptors (Lipinski definition) is 6. The smallest absolute Gasteiger partial charge is 0.222 e. The van der Waals surface area contributed by atoms with Crippen LogP contribution in [0.15, 0.2) is 0 Å². The van der Waals surface area contributed by atoms with Crippen LogP contribution in [0.5, 0.6) is 0 Å². The van der Waals surface area contributed by atoms with E-state index in [-0.39, 0.29) is 5.95 Å². The minimum atomic E-state index is -0.444. The molecule has 0 aliphatic rings. The number of anilines is 2. The van der Waals surface area contributed by atoms with Gasteiger partial charge in [0, 0.05) is 18.7 Å². The van der Waals surface area contributed by atoms with Gasteiger partial charge >= 0.3 is 0 Å². The largest absolute Gasteiger partial charge is 0.390 e. The van der Waals surface area contributed by atoms with E-state index < -0.39 is 6.10 Å². The molecule has 0 unspecified atom stereocenters. The fourth-order valence-electron chi connectivity index (χ4n) is 1.80. The van der Waals surface area contributed by atoms with Crippen LogP contribution in [0.3, 0.4) is 0 Å². The van der Waals surface area contributed by atoms with Crippen LogP contribution in [0, 0.1) is 6.92 Å². The van der Waals surface area contributed by atoms with Gasteiger partial charge < -0.3 is 21.1 Å². The maximum Gasteiger partial charge on any atom is 0.222 e. The number of likely N-dealkylation sites (N-methyl/N-ethyl adjacent to an activating group) is 1. The van der Waals surface area contributed by atoms with Crippen LogP contribution in [0.2, 0.25) is 0 Å². The van der Waals surface area contributed by atoms with Crippen molar-refractivity contribution in [2.45, 2.75) is 26.4 Å². The third kappa shape index (κ3) is 4.12. The topological polar surface area (TPSA) is 87.3 Å². The number of nitrogens with one attached hydrogen (secondary N) is 1. The monoisotopic (exact) mass is 253 g/mol. The second-order valence-corrected chi connectivity index (χ2v) is 4.65. The number of nitrogen functional groups attached to an aromatic ring is 1. The Labute approximate surface area is 108 Å². The van der Waals surface area contributed by atoms with Crippen molar-refractivity contribution in [2.75, 3.05) is 38.2 Å². The first kappa shape index (κ1) is 14.7. The Morgan fingerprint density at radius 3 is 2.61 bits per heavy atom. The average Bonchev–Trinajstić information content (AvgIpc) is 2.28. The third-order valence-electron chi connectivity index (χ3n) is 2.68. The number of aliphatic hydroxyl groups is 1. The van der Waals surface area contributed by atoms with Crippen LogP contribution < -0.4 is 11.1 Å². The SMILES string of the molecule is CCc1nc(N)nc(NC[C@H](O)CN(C)C)c1C. The van der Waals surface area contributed by atoms with Crippen LogP contribution in [-0.4, -0.2) is 53.3 Å². The molecule has 0 fully saturated rings. The molecule has 0 bridgehead atoms. The second-order valence-electron chi connectivity index (χ2n) is 4.65. The molecule has 102 valence electrons. The molecule has 1 rings (SSSR count). The molecule has 4 N–H and O–H groups in total. The van der Waals surface area contributed by atoms with Crippen LogP contribution in [0.1, 0.15) is 18.2 Å². The van der Waals surface area contributed by atoms with E-state index in [9.17, 15) is 5.11 Å². The van der Waals surface area contributed by atoms with Crippen molar-refractivity contribution < 1.29 is 5.11 Å². The minimum Gasteiger partial charge on any atom is -0.390 e. The molecule has 1 aromatic rings. The molecule has 0 saturated heterocycles. The van der Waals surface area contributed by atoms with Crippen molar-refractivity contribution in [3.8, 4) is 0 Å². The van der Waals surface area contributed by atoms with Gasteiger partial charge in [0.1, 0.15) is 5.82 Å². The average molecular weight is 253 g/mol. The lowest BCUT2D eigenvalue weighted by Gasteiger charge is -2.18. The molecule has 0 aliphatic heterocycles. The minimum absolute atomic E-state index is 0.266. The van der Waals surface area contributed by atoms with Gasteiger partial charge in [-0.25, -0.2) is 4.98 Å². The summed E-state index contributed by atoms with van der Waals surface area (Å²) in [5.74, 6) is 0.971. The second kappa shape index (κ2) is 6.51. The molecule has 0 radical (unpaired) electrons. The summed E-state index contributed by atoms with van der Waals surface area (Å²) in [6.45, 7) is 5.03. The lowest BCUT2D eigenvalue weighted by Crippen LogP contribution is -2.31. The summed E-state index contributed by atoms with van der Waals surface area (Å²) >= 11 is 0. The lowest BCUT2D eigenvalue weighted by atomic mass is 10.2. The zero-order valence-corrected chi connectivity index (χ0v) is 11.6. The fraction of sp³-hybridized carbons (Fsp3) is 0.667. The standard InChI is InChI=1S/C12H23N5O/c1-5-10-8(2)11(16-12(13)15-10)14-6-9(18)7-17(3)4/h9,18H,5-7H2,1-4H3,(H3,13,14,15,16)/t9-/m0/s1. The van der Waals surface area contributed by atoms with Gasteiger partial charge in [0.2, 0.25) is 5.95 Å². The number of nitrogens with zero attached hydrogens (tertiary/aromatic N) is 3. The molecule has 18 heavy (non-hydrogen) atoms. The summed E-state index contributed by atoms with van der Waals surface area (Å²) in [4.78, 5) is 10.3. The van der Waals surface area contributed by atoms with Crippen molar-refractivity contribution in [3.05, 3.63) is 11.3 Å². The first-order valence-electron chi connectivity index (χ1n) is 6.13. The highest BCUT2D eigenvalue weighted by molar-refractivity contribution is 5.48. The van der Waals surface area contributed by atoms with Crippen LogP contribution in [-0.2, 0) is 6.42 Å². The van der Waals surface area contributed by atoms with Gasteiger partial charge in [0.05, 0.1) is 11.8 Å². The number of nitrogens with two attached hydrogens (primary N) is 1. The van der Waals surface area contributed by atoms with E-state index in [1.54, 1.807) is 0 Å². The number of aliphatic hydroxyl groups excluding tert-OH is 1. The summed E-state index contributed by atoms with van der Waals surface area (Å²) in [7, 11) is 3.85. The molecular weight excluding hydrogens is 230 g/mol. The number of hydrogen-bond donors (Lipinski definition) is 3. The fourth-order valence-corrected chi connectivity index (χ4v) is 1.80. The van der Waals surface area contributed by atoms with E-state index in [4.69, 9.17) is 5.73 Å². The van der Waals surface area contributed by atoms with Crippen LogP contribution >= 0.6 is 0 Å². The molecule has 1 heterocycles. The molecule has 1 atom stereocenters. The molecule has 6 heteroatoms. The Bertz CT molecular complexity index is 394. The highest BCUT2D eigenvalue weighted by atomic mass is 16.3.